The van der Waals surface area contributed by atoms with Gasteiger partial charge in [-0.2, -0.15) is 11.8 Å². The van der Waals surface area contributed by atoms with E-state index in [0.29, 0.717) is 5.69 Å². The summed E-state index contributed by atoms with van der Waals surface area (Å²) in [6.07, 6.45) is 0. The fourth-order valence-corrected chi connectivity index (χ4v) is 3.51. The molecule has 0 saturated carbocycles. The number of aromatic nitrogens is 1. The molecule has 0 amide bonds. The van der Waals surface area contributed by atoms with Gasteiger partial charge < -0.3 is 10.0 Å². The number of thiazole rings is 1. The first-order chi connectivity index (χ1) is 8.01. The Morgan fingerprint density at radius 2 is 2.12 bits per heavy atom. The monoisotopic (exact) mass is 272 g/mol. The molecule has 1 aromatic rings. The van der Waals surface area contributed by atoms with E-state index in [4.69, 9.17) is 5.11 Å². The average molecular weight is 272 g/mol. The summed E-state index contributed by atoms with van der Waals surface area (Å²) in [6, 6.07) is 0. The molecular weight excluding hydrogens is 256 g/mol. The summed E-state index contributed by atoms with van der Waals surface area (Å²) in [5, 5.41) is 12.0. The number of carbonyl (C=O) groups is 1. The lowest BCUT2D eigenvalue weighted by atomic mass is 9.90. The zero-order valence-corrected chi connectivity index (χ0v) is 11.6. The molecule has 1 fully saturated rings. The molecule has 6 heteroatoms. The largest absolute Gasteiger partial charge is 0.481 e. The molecule has 0 atom stereocenters. The molecule has 0 radical (unpaired) electrons. The molecule has 1 saturated heterocycles. The first kappa shape index (κ1) is 12.7. The fourth-order valence-electron chi connectivity index (χ4n) is 1.56. The Bertz CT molecular complexity index is 411. The number of hydrogen-bond donors (Lipinski definition) is 1. The molecule has 0 aliphatic carbocycles. The van der Waals surface area contributed by atoms with Crippen molar-refractivity contribution < 1.29 is 9.90 Å². The van der Waals surface area contributed by atoms with Gasteiger partial charge in [0.1, 0.15) is 5.41 Å². The van der Waals surface area contributed by atoms with Crippen LogP contribution < -0.4 is 4.90 Å². The van der Waals surface area contributed by atoms with Gasteiger partial charge in [-0.15, -0.1) is 11.3 Å². The van der Waals surface area contributed by atoms with Crippen LogP contribution in [0.3, 0.4) is 0 Å². The molecule has 1 aliphatic heterocycles. The normalized spacial score (nSPS) is 17.2. The van der Waals surface area contributed by atoms with Crippen LogP contribution in [-0.4, -0.2) is 40.7 Å². The molecular formula is C11H16N2O2S2. The first-order valence-electron chi connectivity index (χ1n) is 5.54. The number of aliphatic carboxylic acids is 1. The number of hydrogen-bond acceptors (Lipinski definition) is 5. The molecule has 1 aromatic heterocycles. The molecule has 2 heterocycles. The van der Waals surface area contributed by atoms with E-state index < -0.39 is 11.4 Å². The minimum Gasteiger partial charge on any atom is -0.481 e. The summed E-state index contributed by atoms with van der Waals surface area (Å²) in [6.45, 7) is 5.40. The van der Waals surface area contributed by atoms with E-state index in [1.807, 2.05) is 17.1 Å². The number of rotatable bonds is 3. The predicted molar refractivity (Wildman–Crippen MR) is 72.3 cm³/mol. The van der Waals surface area contributed by atoms with Gasteiger partial charge in [-0.25, -0.2) is 4.98 Å². The molecule has 0 spiro atoms. The van der Waals surface area contributed by atoms with Crippen molar-refractivity contribution in [3.8, 4) is 0 Å². The highest BCUT2D eigenvalue weighted by Gasteiger charge is 2.32. The number of nitrogens with zero attached hydrogens (tertiary/aromatic N) is 2. The third-order valence-electron chi connectivity index (χ3n) is 2.95. The van der Waals surface area contributed by atoms with Crippen molar-refractivity contribution in [2.75, 3.05) is 29.5 Å². The smallest absolute Gasteiger partial charge is 0.315 e. The summed E-state index contributed by atoms with van der Waals surface area (Å²) in [5.74, 6) is 1.41. The second-order valence-corrected chi connectivity index (χ2v) is 6.61. The summed E-state index contributed by atoms with van der Waals surface area (Å²) in [5.41, 5.74) is -0.248. The van der Waals surface area contributed by atoms with Crippen LogP contribution in [0.2, 0.25) is 0 Å². The number of thioether (sulfide) groups is 1. The van der Waals surface area contributed by atoms with E-state index >= 15 is 0 Å². The van der Waals surface area contributed by atoms with Gasteiger partial charge in [0, 0.05) is 30.0 Å². The molecule has 2 rings (SSSR count). The second kappa shape index (κ2) is 4.86. The van der Waals surface area contributed by atoms with Gasteiger partial charge in [-0.3, -0.25) is 4.79 Å². The lowest BCUT2D eigenvalue weighted by Crippen LogP contribution is -2.33. The zero-order valence-electron chi connectivity index (χ0n) is 9.97. The third kappa shape index (κ3) is 2.57. The van der Waals surface area contributed by atoms with Crippen molar-refractivity contribution in [1.29, 1.82) is 0 Å². The number of anilines is 1. The highest BCUT2D eigenvalue weighted by atomic mass is 32.2. The molecule has 4 nitrogen and oxygen atoms in total. The van der Waals surface area contributed by atoms with Crippen LogP contribution in [0.1, 0.15) is 19.5 Å². The van der Waals surface area contributed by atoms with Crippen molar-refractivity contribution in [1.82, 2.24) is 4.98 Å². The van der Waals surface area contributed by atoms with Crippen LogP contribution in [0.15, 0.2) is 5.38 Å². The Hall–Kier alpha value is -0.750. The summed E-state index contributed by atoms with van der Waals surface area (Å²) >= 11 is 3.49. The van der Waals surface area contributed by atoms with Crippen LogP contribution in [0, 0.1) is 0 Å². The minimum atomic E-state index is -0.903. The Morgan fingerprint density at radius 1 is 1.47 bits per heavy atom. The predicted octanol–water partition coefficient (Wildman–Crippen LogP) is 2.06. The molecule has 0 bridgehead atoms. The Balaban J connectivity index is 2.17. The van der Waals surface area contributed by atoms with Crippen LogP contribution in [0.5, 0.6) is 0 Å². The second-order valence-electron chi connectivity index (χ2n) is 4.54. The van der Waals surface area contributed by atoms with Crippen molar-refractivity contribution in [2.24, 2.45) is 0 Å². The minimum absolute atomic E-state index is 0.656. The van der Waals surface area contributed by atoms with Crippen molar-refractivity contribution in [3.05, 3.63) is 11.1 Å². The molecule has 0 unspecified atom stereocenters. The van der Waals surface area contributed by atoms with Crippen LogP contribution in [0.4, 0.5) is 5.13 Å². The summed E-state index contributed by atoms with van der Waals surface area (Å²) < 4.78 is 0. The Labute approximate surface area is 109 Å². The van der Waals surface area contributed by atoms with Crippen LogP contribution >= 0.6 is 23.1 Å². The van der Waals surface area contributed by atoms with Crippen LogP contribution in [0.25, 0.3) is 0 Å². The van der Waals surface area contributed by atoms with Gasteiger partial charge in [-0.05, 0) is 13.8 Å². The maximum Gasteiger partial charge on any atom is 0.315 e. The van der Waals surface area contributed by atoms with Crippen molar-refractivity contribution in [3.63, 3.8) is 0 Å². The molecule has 1 aliphatic rings. The van der Waals surface area contributed by atoms with Gasteiger partial charge in [0.2, 0.25) is 0 Å². The maximum absolute atomic E-state index is 11.2. The molecule has 94 valence electrons. The third-order valence-corrected chi connectivity index (χ3v) is 4.79. The van der Waals surface area contributed by atoms with Gasteiger partial charge in [0.15, 0.2) is 5.13 Å². The Kier molecular flexibility index (Phi) is 3.63. The van der Waals surface area contributed by atoms with Crippen molar-refractivity contribution in [2.45, 2.75) is 19.3 Å². The fraction of sp³-hybridized carbons (Fsp3) is 0.636. The summed E-state index contributed by atoms with van der Waals surface area (Å²) in [7, 11) is 0. The highest BCUT2D eigenvalue weighted by molar-refractivity contribution is 7.99. The molecule has 0 aromatic carbocycles. The van der Waals surface area contributed by atoms with Gasteiger partial charge in [0.25, 0.3) is 0 Å². The first-order valence-corrected chi connectivity index (χ1v) is 7.57. The van der Waals surface area contributed by atoms with E-state index in [1.165, 1.54) is 0 Å². The Morgan fingerprint density at radius 3 is 2.71 bits per heavy atom. The molecule has 1 N–H and O–H groups in total. The standard InChI is InChI=1S/C11H16N2O2S2/c1-11(2,9(14)15)8-7-17-10(12-8)13-3-5-16-6-4-13/h7H,3-6H2,1-2H3,(H,14,15). The highest BCUT2D eigenvalue weighted by Crippen LogP contribution is 2.30. The number of carboxylic acids is 1. The maximum atomic E-state index is 11.2. The van der Waals surface area contributed by atoms with E-state index in [-0.39, 0.29) is 0 Å². The SMILES string of the molecule is CC(C)(C(=O)O)c1csc(N2CCSCC2)n1. The lowest BCUT2D eigenvalue weighted by molar-refractivity contribution is -0.142. The van der Waals surface area contributed by atoms with Gasteiger partial charge in [-0.1, -0.05) is 0 Å². The van der Waals surface area contributed by atoms with Crippen LogP contribution in [-0.2, 0) is 10.2 Å². The van der Waals surface area contributed by atoms with Crippen molar-refractivity contribution >= 4 is 34.2 Å². The lowest BCUT2D eigenvalue weighted by Gasteiger charge is -2.25. The van der Waals surface area contributed by atoms with E-state index in [9.17, 15) is 4.79 Å². The topological polar surface area (TPSA) is 53.4 Å². The van der Waals surface area contributed by atoms with E-state index in [2.05, 4.69) is 9.88 Å². The zero-order chi connectivity index (χ0) is 12.5. The summed E-state index contributed by atoms with van der Waals surface area (Å²) in [4.78, 5) is 17.9. The number of carboxylic acid groups (broad SMARTS) is 1. The quantitative estimate of drug-likeness (QED) is 0.913. The van der Waals surface area contributed by atoms with E-state index in [1.54, 1.807) is 25.2 Å². The average Bonchev–Trinajstić information content (AvgIpc) is 2.80. The van der Waals surface area contributed by atoms with Gasteiger partial charge >= 0.3 is 5.97 Å². The van der Waals surface area contributed by atoms with Gasteiger partial charge in [0.05, 0.1) is 5.69 Å². The van der Waals surface area contributed by atoms with E-state index in [0.717, 1.165) is 29.7 Å². The molecule has 17 heavy (non-hydrogen) atoms.